The average molecular weight is 401 g/mol. The van der Waals surface area contributed by atoms with Gasteiger partial charge in [-0.1, -0.05) is 0 Å². The molecule has 3 unspecified atom stereocenters. The van der Waals surface area contributed by atoms with Gasteiger partial charge >= 0.3 is 11.9 Å². The van der Waals surface area contributed by atoms with Crippen molar-refractivity contribution in [3.8, 4) is 0 Å². The number of thioether (sulfide) groups is 1. The van der Waals surface area contributed by atoms with E-state index in [1.807, 2.05) is 0 Å². The third-order valence-corrected chi connectivity index (χ3v) is 7.89. The minimum Gasteiger partial charge on any atom is -0.465 e. The van der Waals surface area contributed by atoms with Crippen LogP contribution in [0.25, 0.3) is 0 Å². The molecule has 26 heavy (non-hydrogen) atoms. The summed E-state index contributed by atoms with van der Waals surface area (Å²) in [4.78, 5) is 23.6. The summed E-state index contributed by atoms with van der Waals surface area (Å²) in [6, 6.07) is 0. The zero-order chi connectivity index (χ0) is 18.4. The summed E-state index contributed by atoms with van der Waals surface area (Å²) < 4.78 is 10.8. The van der Waals surface area contributed by atoms with E-state index < -0.39 is 0 Å². The van der Waals surface area contributed by atoms with Crippen LogP contribution in [0, 0.1) is 11.8 Å². The molecule has 0 radical (unpaired) electrons. The summed E-state index contributed by atoms with van der Waals surface area (Å²) >= 11 is 6.57. The summed E-state index contributed by atoms with van der Waals surface area (Å²) in [5.41, 5.74) is 0. The van der Waals surface area contributed by atoms with Crippen molar-refractivity contribution in [2.24, 2.45) is 11.8 Å². The lowest BCUT2D eigenvalue weighted by Gasteiger charge is -2.25. The molecule has 3 rings (SSSR count). The lowest BCUT2D eigenvalue weighted by atomic mass is 9.89. The van der Waals surface area contributed by atoms with Crippen molar-refractivity contribution < 1.29 is 19.1 Å². The normalized spacial score (nSPS) is 33.2. The number of esters is 2. The summed E-state index contributed by atoms with van der Waals surface area (Å²) in [7, 11) is 0. The Hall–Kier alpha value is -0.360. The standard InChI is InChI=1S/C20H32O4S2/c21-19(23-12-14-5-8-16(25)9-6-14)3-1-2-4-20(22)24-13-15-7-10-17-18(11-15)26-17/h14-18,25H,1-13H2. The lowest BCUT2D eigenvalue weighted by Crippen LogP contribution is -2.21. The first-order valence-corrected chi connectivity index (χ1v) is 11.7. The highest BCUT2D eigenvalue weighted by Crippen LogP contribution is 2.52. The first-order valence-electron chi connectivity index (χ1n) is 10.2. The van der Waals surface area contributed by atoms with Crippen LogP contribution >= 0.6 is 24.4 Å². The number of unbranched alkanes of at least 4 members (excludes halogenated alkanes) is 1. The van der Waals surface area contributed by atoms with Gasteiger partial charge in [-0.3, -0.25) is 9.59 Å². The summed E-state index contributed by atoms with van der Waals surface area (Å²) in [6.07, 6.45) is 10.4. The molecule has 3 fully saturated rings. The van der Waals surface area contributed by atoms with Gasteiger partial charge in [-0.15, -0.1) is 0 Å². The van der Waals surface area contributed by atoms with Gasteiger partial charge in [-0.25, -0.2) is 0 Å². The molecule has 0 spiro atoms. The third kappa shape index (κ3) is 6.99. The van der Waals surface area contributed by atoms with Gasteiger partial charge in [0.25, 0.3) is 0 Å². The zero-order valence-corrected chi connectivity index (χ0v) is 17.3. The predicted octanol–water partition coefficient (Wildman–Crippen LogP) is 4.41. The van der Waals surface area contributed by atoms with E-state index in [0.29, 0.717) is 56.0 Å². The summed E-state index contributed by atoms with van der Waals surface area (Å²) in [6.45, 7) is 1.13. The molecule has 0 amide bonds. The highest BCUT2D eigenvalue weighted by atomic mass is 32.2. The molecule has 3 aliphatic rings. The Kier molecular flexibility index (Phi) is 8.04. The molecule has 148 valence electrons. The number of ether oxygens (including phenoxy) is 2. The lowest BCUT2D eigenvalue weighted by molar-refractivity contribution is -0.147. The Morgan fingerprint density at radius 1 is 0.808 bits per heavy atom. The van der Waals surface area contributed by atoms with Crippen molar-refractivity contribution in [1.29, 1.82) is 0 Å². The van der Waals surface area contributed by atoms with E-state index in [1.54, 1.807) is 0 Å². The molecule has 1 heterocycles. The minimum atomic E-state index is -0.134. The SMILES string of the molecule is O=C(CCCCC(=O)OCC1CCC2SC2C1)OCC1CCC(S)CC1. The number of hydrogen-bond donors (Lipinski definition) is 1. The van der Waals surface area contributed by atoms with Crippen LogP contribution in [0.15, 0.2) is 0 Å². The van der Waals surface area contributed by atoms with E-state index in [-0.39, 0.29) is 11.9 Å². The molecule has 0 N–H and O–H groups in total. The van der Waals surface area contributed by atoms with E-state index in [2.05, 4.69) is 24.4 Å². The van der Waals surface area contributed by atoms with Gasteiger partial charge in [0, 0.05) is 28.6 Å². The molecule has 4 nitrogen and oxygen atoms in total. The maximum Gasteiger partial charge on any atom is 0.305 e. The van der Waals surface area contributed by atoms with Crippen molar-refractivity contribution >= 4 is 36.3 Å². The van der Waals surface area contributed by atoms with Gasteiger partial charge in [0.2, 0.25) is 0 Å². The Labute approximate surface area is 166 Å². The largest absolute Gasteiger partial charge is 0.465 e. The maximum atomic E-state index is 11.8. The molecule has 0 aromatic rings. The minimum absolute atomic E-state index is 0.118. The number of rotatable bonds is 9. The van der Waals surface area contributed by atoms with Crippen molar-refractivity contribution in [3.63, 3.8) is 0 Å². The van der Waals surface area contributed by atoms with Gasteiger partial charge < -0.3 is 9.47 Å². The van der Waals surface area contributed by atoms with E-state index >= 15 is 0 Å². The number of carbonyl (C=O) groups is 2. The second kappa shape index (κ2) is 10.3. The highest BCUT2D eigenvalue weighted by Gasteiger charge is 2.43. The molecule has 6 heteroatoms. The van der Waals surface area contributed by atoms with Crippen LogP contribution in [-0.2, 0) is 19.1 Å². The monoisotopic (exact) mass is 400 g/mol. The predicted molar refractivity (Wildman–Crippen MR) is 108 cm³/mol. The van der Waals surface area contributed by atoms with Crippen molar-refractivity contribution in [2.45, 2.75) is 86.4 Å². The molecule has 0 aromatic carbocycles. The van der Waals surface area contributed by atoms with Crippen LogP contribution < -0.4 is 0 Å². The molecule has 0 bridgehead atoms. The Bertz CT molecular complexity index is 476. The van der Waals surface area contributed by atoms with Crippen molar-refractivity contribution in [3.05, 3.63) is 0 Å². The molecular formula is C20H32O4S2. The van der Waals surface area contributed by atoms with Gasteiger partial charge in [-0.05, 0) is 69.6 Å². The fraction of sp³-hybridized carbons (Fsp3) is 0.900. The second-order valence-electron chi connectivity index (χ2n) is 8.14. The van der Waals surface area contributed by atoms with Crippen LogP contribution in [0.4, 0.5) is 0 Å². The van der Waals surface area contributed by atoms with E-state index in [9.17, 15) is 9.59 Å². The Balaban J connectivity index is 1.16. The van der Waals surface area contributed by atoms with E-state index in [4.69, 9.17) is 9.47 Å². The second-order valence-corrected chi connectivity index (χ2v) is 10.4. The number of fused-ring (bicyclic) bond motifs is 1. The molecule has 2 saturated carbocycles. The number of thiol groups is 1. The Morgan fingerprint density at radius 3 is 2.00 bits per heavy atom. The van der Waals surface area contributed by atoms with Gasteiger partial charge in [-0.2, -0.15) is 24.4 Å². The molecule has 3 atom stereocenters. The summed E-state index contributed by atoms with van der Waals surface area (Å²) in [5.74, 6) is 0.807. The smallest absolute Gasteiger partial charge is 0.305 e. The number of hydrogen-bond acceptors (Lipinski definition) is 6. The van der Waals surface area contributed by atoms with Gasteiger partial charge in [0.05, 0.1) is 13.2 Å². The zero-order valence-electron chi connectivity index (χ0n) is 15.6. The first-order chi connectivity index (χ1) is 12.6. The average Bonchev–Trinajstić information content (AvgIpc) is 3.42. The van der Waals surface area contributed by atoms with Crippen molar-refractivity contribution in [2.75, 3.05) is 13.2 Å². The maximum absolute atomic E-state index is 11.8. The molecule has 1 aliphatic heterocycles. The first kappa shape index (κ1) is 20.4. The molecular weight excluding hydrogens is 368 g/mol. The number of carbonyl (C=O) groups excluding carboxylic acids is 2. The van der Waals surface area contributed by atoms with Gasteiger partial charge in [0.1, 0.15) is 0 Å². The van der Waals surface area contributed by atoms with Crippen LogP contribution in [-0.4, -0.2) is 40.9 Å². The van der Waals surface area contributed by atoms with Crippen LogP contribution in [0.2, 0.25) is 0 Å². The van der Waals surface area contributed by atoms with Gasteiger partial charge in [0.15, 0.2) is 0 Å². The quantitative estimate of drug-likeness (QED) is 0.269. The fourth-order valence-corrected chi connectivity index (χ4v) is 5.61. The molecule has 1 saturated heterocycles. The fourth-order valence-electron chi connectivity index (χ4n) is 4.05. The Morgan fingerprint density at radius 2 is 1.38 bits per heavy atom. The van der Waals surface area contributed by atoms with E-state index in [1.165, 1.54) is 19.3 Å². The molecule has 2 aliphatic carbocycles. The third-order valence-electron chi connectivity index (χ3n) is 5.90. The summed E-state index contributed by atoms with van der Waals surface area (Å²) in [5, 5.41) is 2.26. The van der Waals surface area contributed by atoms with Crippen LogP contribution in [0.1, 0.15) is 70.6 Å². The van der Waals surface area contributed by atoms with E-state index in [0.717, 1.165) is 36.2 Å². The topological polar surface area (TPSA) is 52.6 Å². The molecule has 0 aromatic heterocycles. The van der Waals surface area contributed by atoms with Crippen molar-refractivity contribution in [1.82, 2.24) is 0 Å². The van der Waals surface area contributed by atoms with Crippen LogP contribution in [0.5, 0.6) is 0 Å². The van der Waals surface area contributed by atoms with Crippen LogP contribution in [0.3, 0.4) is 0 Å². The highest BCUT2D eigenvalue weighted by molar-refractivity contribution is 8.07.